The van der Waals surface area contributed by atoms with Crippen LogP contribution in [0.2, 0.25) is 0 Å². The molecule has 27 heavy (non-hydrogen) atoms. The van der Waals surface area contributed by atoms with Crippen LogP contribution in [0.5, 0.6) is 0 Å². The zero-order valence-corrected chi connectivity index (χ0v) is 17.3. The molecule has 2 saturated carbocycles. The van der Waals surface area contributed by atoms with Crippen molar-refractivity contribution in [3.05, 3.63) is 0 Å². The minimum Gasteiger partial charge on any atom is -0.376 e. The van der Waals surface area contributed by atoms with E-state index in [4.69, 9.17) is 14.2 Å². The van der Waals surface area contributed by atoms with Gasteiger partial charge >= 0.3 is 0 Å². The molecular formula is C22H40O5. The molecule has 5 heteroatoms. The lowest BCUT2D eigenvalue weighted by Gasteiger charge is -2.41. The summed E-state index contributed by atoms with van der Waals surface area (Å²) in [5, 5.41) is 20.9. The topological polar surface area (TPSA) is 68.2 Å². The summed E-state index contributed by atoms with van der Waals surface area (Å²) >= 11 is 0. The molecule has 6 atom stereocenters. The predicted octanol–water partition coefficient (Wildman–Crippen LogP) is 3.86. The Balaban J connectivity index is 1.44. The fourth-order valence-electron chi connectivity index (χ4n) is 5.44. The van der Waals surface area contributed by atoms with Gasteiger partial charge in [-0.2, -0.15) is 0 Å². The summed E-state index contributed by atoms with van der Waals surface area (Å²) in [5.74, 6) is 0.434. The second-order valence-corrected chi connectivity index (χ2v) is 9.29. The SMILES string of the molecule is C[C@@H](C(O)OCCOC1CCCCC1)C1CCCC2CC[C@@](C)(O)OCC21. The van der Waals surface area contributed by atoms with Gasteiger partial charge in [0.2, 0.25) is 0 Å². The Morgan fingerprint density at radius 2 is 1.81 bits per heavy atom. The molecule has 0 aromatic carbocycles. The summed E-state index contributed by atoms with van der Waals surface area (Å²) in [6.45, 7) is 5.48. The minimum absolute atomic E-state index is 0.0686. The second kappa shape index (κ2) is 10.0. The second-order valence-electron chi connectivity index (χ2n) is 9.29. The van der Waals surface area contributed by atoms with Gasteiger partial charge in [0.25, 0.3) is 0 Å². The quantitative estimate of drug-likeness (QED) is 0.515. The van der Waals surface area contributed by atoms with E-state index in [-0.39, 0.29) is 5.92 Å². The van der Waals surface area contributed by atoms with Crippen molar-refractivity contribution in [2.75, 3.05) is 19.8 Å². The number of rotatable bonds is 7. The number of hydrogen-bond acceptors (Lipinski definition) is 5. The van der Waals surface area contributed by atoms with Crippen LogP contribution in [0.25, 0.3) is 0 Å². The van der Waals surface area contributed by atoms with E-state index < -0.39 is 12.1 Å². The predicted molar refractivity (Wildman–Crippen MR) is 104 cm³/mol. The first-order valence-electron chi connectivity index (χ1n) is 11.2. The van der Waals surface area contributed by atoms with Crippen LogP contribution >= 0.6 is 0 Å². The molecule has 1 heterocycles. The molecule has 2 aliphatic carbocycles. The maximum atomic E-state index is 10.6. The van der Waals surface area contributed by atoms with Crippen molar-refractivity contribution in [1.82, 2.24) is 0 Å². The molecule has 0 radical (unpaired) electrons. The first-order valence-corrected chi connectivity index (χ1v) is 11.2. The van der Waals surface area contributed by atoms with Gasteiger partial charge in [0.05, 0.1) is 25.9 Å². The Kier molecular flexibility index (Phi) is 7.98. The summed E-state index contributed by atoms with van der Waals surface area (Å²) in [4.78, 5) is 0. The van der Waals surface area contributed by atoms with Gasteiger partial charge in [-0.1, -0.05) is 39.0 Å². The molecule has 0 amide bonds. The van der Waals surface area contributed by atoms with E-state index >= 15 is 0 Å². The van der Waals surface area contributed by atoms with Crippen molar-refractivity contribution in [3.8, 4) is 0 Å². The molecular weight excluding hydrogens is 344 g/mol. The highest BCUT2D eigenvalue weighted by molar-refractivity contribution is 4.88. The van der Waals surface area contributed by atoms with Gasteiger partial charge in [0, 0.05) is 12.3 Å². The highest BCUT2D eigenvalue weighted by atomic mass is 16.6. The van der Waals surface area contributed by atoms with Gasteiger partial charge in [-0.05, 0) is 50.4 Å². The molecule has 3 fully saturated rings. The standard InChI is InChI=1S/C22H40O5/c1-16(21(23)26-14-13-25-18-8-4-3-5-9-18)19-10-6-7-17-11-12-22(2,24)27-15-20(17)19/h16-21,23-24H,3-15H2,1-2H3/t16-,17?,19?,20?,21?,22+/m1/s1. The van der Waals surface area contributed by atoms with Gasteiger partial charge in [-0.15, -0.1) is 0 Å². The molecule has 0 aromatic heterocycles. The Bertz CT molecular complexity index is 434. The molecule has 5 nitrogen and oxygen atoms in total. The van der Waals surface area contributed by atoms with E-state index in [0.29, 0.717) is 50.1 Å². The fourth-order valence-corrected chi connectivity index (χ4v) is 5.44. The van der Waals surface area contributed by atoms with Gasteiger partial charge in [-0.3, -0.25) is 0 Å². The molecule has 1 saturated heterocycles. The monoisotopic (exact) mass is 384 g/mol. The molecule has 3 aliphatic rings. The summed E-state index contributed by atoms with van der Waals surface area (Å²) < 4.78 is 17.4. The summed E-state index contributed by atoms with van der Waals surface area (Å²) in [7, 11) is 0. The fraction of sp³-hybridized carbons (Fsp3) is 1.00. The first kappa shape index (κ1) is 21.5. The number of fused-ring (bicyclic) bond motifs is 1. The zero-order chi connectivity index (χ0) is 19.3. The summed E-state index contributed by atoms with van der Waals surface area (Å²) in [5.41, 5.74) is 0. The van der Waals surface area contributed by atoms with E-state index in [1.54, 1.807) is 6.92 Å². The van der Waals surface area contributed by atoms with Gasteiger partial charge in [0.1, 0.15) is 0 Å². The number of hydrogen-bond donors (Lipinski definition) is 2. The summed E-state index contributed by atoms with van der Waals surface area (Å²) in [6, 6.07) is 0. The Labute approximate surface area is 164 Å². The maximum Gasteiger partial charge on any atom is 0.162 e. The van der Waals surface area contributed by atoms with E-state index in [2.05, 4.69) is 6.92 Å². The van der Waals surface area contributed by atoms with Crippen molar-refractivity contribution in [3.63, 3.8) is 0 Å². The third-order valence-electron chi connectivity index (χ3n) is 7.24. The van der Waals surface area contributed by atoms with Crippen LogP contribution in [0.3, 0.4) is 0 Å². The third-order valence-corrected chi connectivity index (χ3v) is 7.24. The van der Waals surface area contributed by atoms with Crippen LogP contribution in [0.1, 0.15) is 78.1 Å². The van der Waals surface area contributed by atoms with Crippen LogP contribution in [-0.4, -0.2) is 48.2 Å². The van der Waals surface area contributed by atoms with Crippen molar-refractivity contribution in [2.45, 2.75) is 96.2 Å². The van der Waals surface area contributed by atoms with E-state index in [1.807, 2.05) is 0 Å². The van der Waals surface area contributed by atoms with Crippen molar-refractivity contribution < 1.29 is 24.4 Å². The average molecular weight is 385 g/mol. The Hall–Kier alpha value is -0.200. The normalized spacial score (nSPS) is 38.0. The lowest BCUT2D eigenvalue weighted by atomic mass is 9.66. The minimum atomic E-state index is -1.00. The average Bonchev–Trinajstić information content (AvgIpc) is 2.83. The number of ether oxygens (including phenoxy) is 3. The van der Waals surface area contributed by atoms with Crippen LogP contribution < -0.4 is 0 Å². The van der Waals surface area contributed by atoms with E-state index in [0.717, 1.165) is 25.7 Å². The van der Waals surface area contributed by atoms with E-state index in [9.17, 15) is 10.2 Å². The highest BCUT2D eigenvalue weighted by Gasteiger charge is 2.42. The van der Waals surface area contributed by atoms with Gasteiger partial charge < -0.3 is 24.4 Å². The highest BCUT2D eigenvalue weighted by Crippen LogP contribution is 2.45. The number of aliphatic hydroxyl groups excluding tert-OH is 1. The van der Waals surface area contributed by atoms with E-state index in [1.165, 1.54) is 32.1 Å². The van der Waals surface area contributed by atoms with Crippen molar-refractivity contribution in [2.24, 2.45) is 23.7 Å². The molecule has 158 valence electrons. The van der Waals surface area contributed by atoms with Crippen LogP contribution in [0.15, 0.2) is 0 Å². The number of aliphatic hydroxyl groups is 2. The van der Waals surface area contributed by atoms with Crippen LogP contribution in [-0.2, 0) is 14.2 Å². The molecule has 2 N–H and O–H groups in total. The maximum absolute atomic E-state index is 10.6. The lowest BCUT2D eigenvalue weighted by Crippen LogP contribution is -2.40. The lowest BCUT2D eigenvalue weighted by molar-refractivity contribution is -0.201. The Morgan fingerprint density at radius 3 is 2.59 bits per heavy atom. The molecule has 0 bridgehead atoms. The van der Waals surface area contributed by atoms with Crippen LogP contribution in [0.4, 0.5) is 0 Å². The Morgan fingerprint density at radius 1 is 1.04 bits per heavy atom. The molecule has 3 rings (SSSR count). The third kappa shape index (κ3) is 6.14. The molecule has 4 unspecified atom stereocenters. The smallest absolute Gasteiger partial charge is 0.162 e. The molecule has 0 aromatic rings. The van der Waals surface area contributed by atoms with Gasteiger partial charge in [0.15, 0.2) is 12.1 Å². The van der Waals surface area contributed by atoms with Crippen LogP contribution in [0, 0.1) is 23.7 Å². The largest absolute Gasteiger partial charge is 0.376 e. The molecule has 0 spiro atoms. The van der Waals surface area contributed by atoms with Crippen molar-refractivity contribution in [1.29, 1.82) is 0 Å². The molecule has 1 aliphatic heterocycles. The van der Waals surface area contributed by atoms with Gasteiger partial charge in [-0.25, -0.2) is 0 Å². The van der Waals surface area contributed by atoms with Crippen molar-refractivity contribution >= 4 is 0 Å². The first-order chi connectivity index (χ1) is 13.0. The zero-order valence-electron chi connectivity index (χ0n) is 17.3. The summed E-state index contributed by atoms with van der Waals surface area (Å²) in [6.07, 6.45) is 11.0.